The predicted octanol–water partition coefficient (Wildman–Crippen LogP) is 1.61. The molecule has 0 aromatic carbocycles. The fourth-order valence-electron chi connectivity index (χ4n) is 2.36. The van der Waals surface area contributed by atoms with E-state index < -0.39 is 5.97 Å². The summed E-state index contributed by atoms with van der Waals surface area (Å²) in [5, 5.41) is 8.85. The molecule has 1 aromatic heterocycles. The third-order valence-corrected chi connectivity index (χ3v) is 3.50. The van der Waals surface area contributed by atoms with Crippen molar-refractivity contribution in [2.75, 3.05) is 25.1 Å². The lowest BCUT2D eigenvalue weighted by atomic mass is 9.93. The van der Waals surface area contributed by atoms with Crippen molar-refractivity contribution in [1.82, 2.24) is 15.0 Å². The molecule has 0 bridgehead atoms. The number of nitrogens with zero attached hydrogens (tertiary/aromatic N) is 4. The monoisotopic (exact) mass is 300 g/mol. The third kappa shape index (κ3) is 3.93. The van der Waals surface area contributed by atoms with Crippen LogP contribution in [-0.2, 0) is 4.79 Å². The molecule has 1 aliphatic heterocycles. The summed E-state index contributed by atoms with van der Waals surface area (Å²) in [6.07, 6.45) is 2.87. The van der Waals surface area contributed by atoms with E-state index >= 15 is 0 Å². The van der Waals surface area contributed by atoms with E-state index in [9.17, 15) is 4.79 Å². The van der Waals surface area contributed by atoms with Crippen LogP contribution < -0.4 is 9.64 Å². The molecule has 1 atom stereocenters. The summed E-state index contributed by atoms with van der Waals surface area (Å²) in [4.78, 5) is 24.8. The quantitative estimate of drug-likeness (QED) is 0.883. The van der Waals surface area contributed by atoms with Crippen molar-refractivity contribution in [3.05, 3.63) is 5.28 Å². The van der Waals surface area contributed by atoms with Gasteiger partial charge < -0.3 is 14.7 Å². The highest BCUT2D eigenvalue weighted by Crippen LogP contribution is 2.25. The summed E-state index contributed by atoms with van der Waals surface area (Å²) < 4.78 is 4.98. The number of piperidine rings is 1. The van der Waals surface area contributed by atoms with E-state index in [1.54, 1.807) is 0 Å². The first kappa shape index (κ1) is 14.8. The Morgan fingerprint density at radius 2 is 2.30 bits per heavy atom. The van der Waals surface area contributed by atoms with E-state index in [2.05, 4.69) is 15.0 Å². The highest BCUT2D eigenvalue weighted by Gasteiger charge is 2.23. The number of ether oxygens (including phenoxy) is 1. The Balaban J connectivity index is 2.04. The summed E-state index contributed by atoms with van der Waals surface area (Å²) >= 11 is 5.84. The van der Waals surface area contributed by atoms with Crippen LogP contribution in [0.3, 0.4) is 0 Å². The first-order valence-electron chi connectivity index (χ1n) is 6.51. The molecule has 0 saturated carbocycles. The number of halogens is 1. The summed E-state index contributed by atoms with van der Waals surface area (Å²) in [7, 11) is 1.47. The van der Waals surface area contributed by atoms with Crippen molar-refractivity contribution in [3.63, 3.8) is 0 Å². The number of carboxylic acid groups (broad SMARTS) is 1. The molecule has 0 aliphatic carbocycles. The zero-order chi connectivity index (χ0) is 14.5. The third-order valence-electron chi connectivity index (χ3n) is 3.33. The van der Waals surface area contributed by atoms with Crippen LogP contribution in [-0.4, -0.2) is 46.2 Å². The maximum atomic E-state index is 10.6. The molecule has 1 aliphatic rings. The highest BCUT2D eigenvalue weighted by atomic mass is 35.5. The van der Waals surface area contributed by atoms with Gasteiger partial charge in [-0.2, -0.15) is 15.0 Å². The number of anilines is 1. The molecule has 0 amide bonds. The number of hydrogen-bond donors (Lipinski definition) is 1. The van der Waals surface area contributed by atoms with Crippen molar-refractivity contribution in [2.24, 2.45) is 5.92 Å². The zero-order valence-corrected chi connectivity index (χ0v) is 12.0. The van der Waals surface area contributed by atoms with E-state index in [4.69, 9.17) is 21.4 Å². The standard InChI is InChI=1S/C12H17ClN4O3/c1-20-12-15-10(13)14-11(16-12)17-6-2-3-8(7-17)4-5-9(18)19/h8H,2-7H2,1H3,(H,18,19). The van der Waals surface area contributed by atoms with Gasteiger partial charge in [0.2, 0.25) is 11.2 Å². The lowest BCUT2D eigenvalue weighted by molar-refractivity contribution is -0.137. The highest BCUT2D eigenvalue weighted by molar-refractivity contribution is 6.28. The smallest absolute Gasteiger partial charge is 0.322 e. The van der Waals surface area contributed by atoms with Crippen molar-refractivity contribution < 1.29 is 14.6 Å². The van der Waals surface area contributed by atoms with Crippen LogP contribution >= 0.6 is 11.6 Å². The molecule has 0 spiro atoms. The van der Waals surface area contributed by atoms with Crippen LogP contribution in [0.4, 0.5) is 5.95 Å². The Kier molecular flexibility index (Phi) is 4.94. The number of carboxylic acids is 1. The number of aromatic nitrogens is 3. The first-order chi connectivity index (χ1) is 9.58. The molecular formula is C12H17ClN4O3. The van der Waals surface area contributed by atoms with E-state index in [-0.39, 0.29) is 17.7 Å². The van der Waals surface area contributed by atoms with Gasteiger partial charge in [0, 0.05) is 19.5 Å². The molecule has 1 saturated heterocycles. The minimum Gasteiger partial charge on any atom is -0.481 e. The number of methoxy groups -OCH3 is 1. The Bertz CT molecular complexity index is 486. The topological polar surface area (TPSA) is 88.4 Å². The average Bonchev–Trinajstić information content (AvgIpc) is 2.44. The molecule has 8 heteroatoms. The van der Waals surface area contributed by atoms with Gasteiger partial charge >= 0.3 is 12.0 Å². The predicted molar refractivity (Wildman–Crippen MR) is 73.2 cm³/mol. The molecule has 1 N–H and O–H groups in total. The Labute approximate surface area is 122 Å². The summed E-state index contributed by atoms with van der Waals surface area (Å²) in [5.41, 5.74) is 0. The second-order valence-electron chi connectivity index (χ2n) is 4.78. The van der Waals surface area contributed by atoms with E-state index in [1.165, 1.54) is 7.11 Å². The van der Waals surface area contributed by atoms with E-state index in [0.717, 1.165) is 25.9 Å². The molecule has 2 heterocycles. The first-order valence-corrected chi connectivity index (χ1v) is 6.88. The van der Waals surface area contributed by atoms with Crippen LogP contribution in [0.5, 0.6) is 6.01 Å². The second-order valence-corrected chi connectivity index (χ2v) is 5.12. The molecule has 20 heavy (non-hydrogen) atoms. The largest absolute Gasteiger partial charge is 0.481 e. The average molecular weight is 301 g/mol. The van der Waals surface area contributed by atoms with Crippen LogP contribution in [0.25, 0.3) is 0 Å². The fourth-order valence-corrected chi connectivity index (χ4v) is 2.51. The van der Waals surface area contributed by atoms with Gasteiger partial charge in [-0.25, -0.2) is 0 Å². The summed E-state index contributed by atoms with van der Waals surface area (Å²) in [6.45, 7) is 1.56. The SMILES string of the molecule is COc1nc(Cl)nc(N2CCCC(CCC(=O)O)C2)n1. The summed E-state index contributed by atoms with van der Waals surface area (Å²) in [6, 6.07) is 0.188. The van der Waals surface area contributed by atoms with Crippen molar-refractivity contribution in [3.8, 4) is 6.01 Å². The van der Waals surface area contributed by atoms with E-state index in [1.807, 2.05) is 4.90 Å². The van der Waals surface area contributed by atoms with Crippen LogP contribution in [0.15, 0.2) is 0 Å². The molecule has 0 radical (unpaired) electrons. The van der Waals surface area contributed by atoms with Crippen LogP contribution in [0.1, 0.15) is 25.7 Å². The second kappa shape index (κ2) is 6.69. The van der Waals surface area contributed by atoms with Gasteiger partial charge in [-0.3, -0.25) is 4.79 Å². The summed E-state index contributed by atoms with van der Waals surface area (Å²) in [5.74, 6) is 0.0651. The maximum absolute atomic E-state index is 10.6. The van der Waals surface area contributed by atoms with Gasteiger partial charge in [0.1, 0.15) is 0 Å². The Hall–Kier alpha value is -1.63. The normalized spacial score (nSPS) is 18.9. The van der Waals surface area contributed by atoms with Gasteiger partial charge in [-0.1, -0.05) is 0 Å². The molecule has 1 unspecified atom stereocenters. The van der Waals surface area contributed by atoms with Gasteiger partial charge in [0.15, 0.2) is 0 Å². The lowest BCUT2D eigenvalue weighted by Gasteiger charge is -2.32. The Morgan fingerprint density at radius 1 is 1.50 bits per heavy atom. The Morgan fingerprint density at radius 3 is 3.00 bits per heavy atom. The van der Waals surface area contributed by atoms with Crippen LogP contribution in [0.2, 0.25) is 5.28 Å². The number of rotatable bonds is 5. The number of aliphatic carboxylic acids is 1. The maximum Gasteiger partial charge on any atom is 0.322 e. The molecule has 1 aromatic rings. The van der Waals surface area contributed by atoms with Gasteiger partial charge in [-0.15, -0.1) is 0 Å². The minimum atomic E-state index is -0.757. The van der Waals surface area contributed by atoms with Crippen molar-refractivity contribution in [1.29, 1.82) is 0 Å². The number of carbonyl (C=O) groups is 1. The zero-order valence-electron chi connectivity index (χ0n) is 11.3. The lowest BCUT2D eigenvalue weighted by Crippen LogP contribution is -2.36. The van der Waals surface area contributed by atoms with Gasteiger partial charge in [0.25, 0.3) is 0 Å². The van der Waals surface area contributed by atoms with Crippen molar-refractivity contribution in [2.45, 2.75) is 25.7 Å². The molecular weight excluding hydrogens is 284 g/mol. The molecule has 1 fully saturated rings. The molecule has 7 nitrogen and oxygen atoms in total. The minimum absolute atomic E-state index is 0.0968. The molecule has 110 valence electrons. The fraction of sp³-hybridized carbons (Fsp3) is 0.667. The number of hydrogen-bond acceptors (Lipinski definition) is 6. The van der Waals surface area contributed by atoms with E-state index in [0.29, 0.717) is 18.3 Å². The molecule has 2 rings (SSSR count). The van der Waals surface area contributed by atoms with Crippen LogP contribution in [0, 0.1) is 5.92 Å². The van der Waals surface area contributed by atoms with Crippen molar-refractivity contribution >= 4 is 23.5 Å². The van der Waals surface area contributed by atoms with Gasteiger partial charge in [-0.05, 0) is 36.8 Å². The van der Waals surface area contributed by atoms with Gasteiger partial charge in [0.05, 0.1) is 7.11 Å².